The predicted molar refractivity (Wildman–Crippen MR) is 130 cm³/mol. The summed E-state index contributed by atoms with van der Waals surface area (Å²) < 4.78 is 3.57. The van der Waals surface area contributed by atoms with Gasteiger partial charge in [0.1, 0.15) is 5.65 Å². The number of pyridine rings is 2. The maximum absolute atomic E-state index is 10.2. The number of imidazole rings is 1. The van der Waals surface area contributed by atoms with Crippen molar-refractivity contribution in [3.63, 3.8) is 0 Å². The molecule has 5 aromatic rings. The Morgan fingerprint density at radius 3 is 2.48 bits per heavy atom. The highest BCUT2D eigenvalue weighted by molar-refractivity contribution is 6.39. The number of halogens is 2. The summed E-state index contributed by atoms with van der Waals surface area (Å²) in [5, 5.41) is 26.0. The third-order valence-electron chi connectivity index (χ3n) is 5.82. The first kappa shape index (κ1) is 21.9. The minimum atomic E-state index is -0.516. The molecule has 0 radical (unpaired) electrons. The number of fused-ring (bicyclic) bond motifs is 3. The van der Waals surface area contributed by atoms with Crippen LogP contribution in [0.15, 0.2) is 55.1 Å². The van der Waals surface area contributed by atoms with Crippen LogP contribution in [0.2, 0.25) is 10.0 Å². The summed E-state index contributed by atoms with van der Waals surface area (Å²) in [7, 11) is 0. The van der Waals surface area contributed by atoms with Crippen molar-refractivity contribution in [2.24, 2.45) is 0 Å². The van der Waals surface area contributed by atoms with Crippen molar-refractivity contribution in [1.29, 1.82) is 0 Å². The number of aliphatic hydroxyl groups excluding tert-OH is 2. The average molecular weight is 482 g/mol. The Kier molecular flexibility index (Phi) is 5.37. The third-order valence-corrected chi connectivity index (χ3v) is 6.45. The summed E-state index contributed by atoms with van der Waals surface area (Å²) in [6.07, 6.45) is 7.26. The van der Waals surface area contributed by atoms with Crippen molar-refractivity contribution in [3.05, 3.63) is 70.9 Å². The van der Waals surface area contributed by atoms with Crippen LogP contribution in [0.4, 0.5) is 0 Å². The molecule has 0 bridgehead atoms. The SMILES string of the molecule is CC(C)(CO)n1cc(-c2cnc3ccn4c(CO)c(-c5c(Cl)cccc5Cl)nc4c3c2)cn1. The molecule has 7 nitrogen and oxygen atoms in total. The van der Waals surface area contributed by atoms with E-state index < -0.39 is 5.54 Å². The van der Waals surface area contributed by atoms with Crippen LogP contribution in [0.5, 0.6) is 0 Å². The van der Waals surface area contributed by atoms with Crippen LogP contribution < -0.4 is 0 Å². The van der Waals surface area contributed by atoms with E-state index in [4.69, 9.17) is 28.2 Å². The maximum atomic E-state index is 10.2. The van der Waals surface area contributed by atoms with Gasteiger partial charge in [-0.25, -0.2) is 4.98 Å². The minimum Gasteiger partial charge on any atom is -0.394 e. The zero-order valence-electron chi connectivity index (χ0n) is 18.0. The summed E-state index contributed by atoms with van der Waals surface area (Å²) in [5.41, 5.74) is 4.32. The third kappa shape index (κ3) is 3.57. The first-order valence-corrected chi connectivity index (χ1v) is 11.1. The van der Waals surface area contributed by atoms with Crippen LogP contribution in [0, 0.1) is 0 Å². The monoisotopic (exact) mass is 481 g/mol. The Balaban J connectivity index is 1.72. The number of rotatable bonds is 5. The van der Waals surface area contributed by atoms with E-state index in [1.807, 2.05) is 42.8 Å². The van der Waals surface area contributed by atoms with E-state index in [2.05, 4.69) is 10.1 Å². The molecule has 0 saturated carbocycles. The molecule has 5 rings (SSSR count). The number of aromatic nitrogens is 5. The summed E-state index contributed by atoms with van der Waals surface area (Å²) in [6.45, 7) is 3.55. The molecule has 0 amide bonds. The molecular formula is C24H21Cl2N5O2. The fourth-order valence-corrected chi connectivity index (χ4v) is 4.43. The molecule has 4 aromatic heterocycles. The van der Waals surface area contributed by atoms with Crippen LogP contribution in [0.3, 0.4) is 0 Å². The lowest BCUT2D eigenvalue weighted by atomic mass is 10.1. The van der Waals surface area contributed by atoms with Crippen LogP contribution in [-0.2, 0) is 12.1 Å². The molecule has 1 aromatic carbocycles. The van der Waals surface area contributed by atoms with E-state index in [0.717, 1.165) is 22.0 Å². The number of hydrogen-bond acceptors (Lipinski definition) is 5. The van der Waals surface area contributed by atoms with E-state index in [-0.39, 0.29) is 13.2 Å². The quantitative estimate of drug-likeness (QED) is 0.371. The molecular weight excluding hydrogens is 461 g/mol. The lowest BCUT2D eigenvalue weighted by molar-refractivity contribution is 0.152. The first-order chi connectivity index (χ1) is 15.8. The van der Waals surface area contributed by atoms with Crippen molar-refractivity contribution in [3.8, 4) is 22.4 Å². The standard InChI is InChI=1S/C24H21Cl2N5O2/c1-24(2,13-33)31-11-15(10-28-31)14-8-16-19(27-9-14)6-7-30-20(12-32)22(29-23(16)30)21-17(25)4-3-5-18(21)26/h3-11,32-33H,12-13H2,1-2H3. The van der Waals surface area contributed by atoms with Gasteiger partial charge in [0.25, 0.3) is 0 Å². The summed E-state index contributed by atoms with van der Waals surface area (Å²) >= 11 is 12.9. The molecule has 2 N–H and O–H groups in total. The molecule has 0 aliphatic rings. The van der Waals surface area contributed by atoms with E-state index in [1.165, 1.54) is 0 Å². The van der Waals surface area contributed by atoms with E-state index >= 15 is 0 Å². The lowest BCUT2D eigenvalue weighted by Gasteiger charge is -2.22. The fraction of sp³-hybridized carbons (Fsp3) is 0.208. The lowest BCUT2D eigenvalue weighted by Crippen LogP contribution is -2.30. The van der Waals surface area contributed by atoms with Crippen LogP contribution >= 0.6 is 23.2 Å². The van der Waals surface area contributed by atoms with Crippen LogP contribution in [0.1, 0.15) is 19.5 Å². The summed E-state index contributed by atoms with van der Waals surface area (Å²) in [4.78, 5) is 9.45. The Labute approximate surface area is 199 Å². The fourth-order valence-electron chi connectivity index (χ4n) is 3.86. The van der Waals surface area contributed by atoms with Crippen molar-refractivity contribution >= 4 is 39.8 Å². The van der Waals surface area contributed by atoms with Gasteiger partial charge >= 0.3 is 0 Å². The second-order valence-corrected chi connectivity index (χ2v) is 9.29. The maximum Gasteiger partial charge on any atom is 0.147 e. The molecule has 168 valence electrons. The molecule has 9 heteroatoms. The highest BCUT2D eigenvalue weighted by Gasteiger charge is 2.22. The van der Waals surface area contributed by atoms with Crippen molar-refractivity contribution in [2.75, 3.05) is 6.61 Å². The topological polar surface area (TPSA) is 88.5 Å². The van der Waals surface area contributed by atoms with Gasteiger partial charge in [0.15, 0.2) is 0 Å². The van der Waals surface area contributed by atoms with Crippen molar-refractivity contribution < 1.29 is 10.2 Å². The molecule has 0 aliphatic carbocycles. The molecule has 0 atom stereocenters. The summed E-state index contributed by atoms with van der Waals surface area (Å²) in [5.74, 6) is 0. The second-order valence-electron chi connectivity index (χ2n) is 8.47. The zero-order chi connectivity index (χ0) is 23.3. The predicted octanol–water partition coefficient (Wildman–Crippen LogP) is 4.94. The van der Waals surface area contributed by atoms with Crippen molar-refractivity contribution in [1.82, 2.24) is 24.1 Å². The first-order valence-electron chi connectivity index (χ1n) is 10.4. The molecule has 0 spiro atoms. The van der Waals surface area contributed by atoms with Crippen LogP contribution in [0.25, 0.3) is 38.9 Å². The van der Waals surface area contributed by atoms with Gasteiger partial charge in [-0.1, -0.05) is 29.3 Å². The van der Waals surface area contributed by atoms with E-state index in [9.17, 15) is 10.2 Å². The largest absolute Gasteiger partial charge is 0.394 e. The Morgan fingerprint density at radius 1 is 1.03 bits per heavy atom. The molecule has 0 saturated heterocycles. The van der Waals surface area contributed by atoms with Gasteiger partial charge in [-0.3, -0.25) is 9.67 Å². The van der Waals surface area contributed by atoms with Gasteiger partial charge in [0, 0.05) is 40.7 Å². The van der Waals surface area contributed by atoms with Gasteiger partial charge < -0.3 is 14.6 Å². The van der Waals surface area contributed by atoms with Crippen molar-refractivity contribution in [2.45, 2.75) is 26.0 Å². The molecule has 0 fully saturated rings. The number of benzene rings is 1. The normalized spacial score (nSPS) is 12.2. The minimum absolute atomic E-state index is 0.0316. The van der Waals surface area contributed by atoms with E-state index in [1.54, 1.807) is 35.3 Å². The molecule has 4 heterocycles. The van der Waals surface area contributed by atoms with Gasteiger partial charge in [-0.05, 0) is 38.1 Å². The molecule has 33 heavy (non-hydrogen) atoms. The Morgan fingerprint density at radius 2 is 1.79 bits per heavy atom. The summed E-state index contributed by atoms with van der Waals surface area (Å²) in [6, 6.07) is 9.14. The van der Waals surface area contributed by atoms with Gasteiger partial charge in [-0.2, -0.15) is 5.10 Å². The number of hydrogen-bond donors (Lipinski definition) is 2. The van der Waals surface area contributed by atoms with Gasteiger partial charge in [0.2, 0.25) is 0 Å². The number of nitrogens with zero attached hydrogens (tertiary/aromatic N) is 5. The smallest absolute Gasteiger partial charge is 0.147 e. The Bertz CT molecular complexity index is 1490. The van der Waals surface area contributed by atoms with E-state index in [0.29, 0.717) is 32.6 Å². The van der Waals surface area contributed by atoms with Gasteiger partial charge in [-0.15, -0.1) is 0 Å². The average Bonchev–Trinajstić information content (AvgIpc) is 3.44. The Hall–Kier alpha value is -2.97. The molecule has 0 unspecified atom stereocenters. The second kappa shape index (κ2) is 8.11. The van der Waals surface area contributed by atoms with Gasteiger partial charge in [0.05, 0.1) is 51.9 Å². The molecule has 0 aliphatic heterocycles. The number of aliphatic hydroxyl groups is 2. The highest BCUT2D eigenvalue weighted by Crippen LogP contribution is 2.37. The zero-order valence-corrected chi connectivity index (χ0v) is 19.5. The van der Waals surface area contributed by atoms with Crippen LogP contribution in [-0.4, -0.2) is 41.0 Å². The highest BCUT2D eigenvalue weighted by atomic mass is 35.5.